The van der Waals surface area contributed by atoms with E-state index in [2.05, 4.69) is 49.7 Å². The number of benzene rings is 1. The molecule has 5 rings (SSSR count). The molecule has 2 aromatic rings. The molecule has 1 unspecified atom stereocenters. The summed E-state index contributed by atoms with van der Waals surface area (Å²) in [5.41, 5.74) is 7.97. The SMILES string of the molecule is CN(C)C(=O)NC1CCCCN(c2cnc(C(N)=O)c(Nc3ccc(C4CCN(C5CCCC5)CC4)cc3)n2)C1. The Hall–Kier alpha value is -3.40. The number of anilines is 3. The molecular formula is C30H44N8O2. The van der Waals surface area contributed by atoms with E-state index in [0.29, 0.717) is 24.1 Å². The van der Waals surface area contributed by atoms with E-state index in [1.807, 2.05) is 0 Å². The zero-order chi connectivity index (χ0) is 28.1. The molecule has 10 nitrogen and oxygen atoms in total. The number of likely N-dealkylation sites (tertiary alicyclic amines) is 1. The molecule has 0 radical (unpaired) electrons. The largest absolute Gasteiger partial charge is 0.364 e. The summed E-state index contributed by atoms with van der Waals surface area (Å²) in [6.07, 6.45) is 12.4. The average molecular weight is 549 g/mol. The minimum absolute atomic E-state index is 0.00370. The minimum atomic E-state index is -0.626. The molecule has 10 heteroatoms. The van der Waals surface area contributed by atoms with Crippen molar-refractivity contribution in [3.8, 4) is 0 Å². The molecule has 1 aromatic carbocycles. The van der Waals surface area contributed by atoms with Crippen LogP contribution < -0.4 is 21.3 Å². The lowest BCUT2D eigenvalue weighted by atomic mass is 9.88. The van der Waals surface area contributed by atoms with Gasteiger partial charge < -0.3 is 31.1 Å². The molecule has 1 aromatic heterocycles. The molecule has 3 aliphatic rings. The maximum absolute atomic E-state index is 12.2. The fraction of sp³-hybridized carbons (Fsp3) is 0.600. The van der Waals surface area contributed by atoms with Gasteiger partial charge in [0, 0.05) is 45.0 Å². The highest BCUT2D eigenvalue weighted by atomic mass is 16.2. The quantitative estimate of drug-likeness (QED) is 0.477. The summed E-state index contributed by atoms with van der Waals surface area (Å²) in [4.78, 5) is 40.0. The highest BCUT2D eigenvalue weighted by Gasteiger charge is 2.28. The third kappa shape index (κ3) is 6.83. The molecule has 216 valence electrons. The summed E-state index contributed by atoms with van der Waals surface area (Å²) < 4.78 is 0. The Morgan fingerprint density at radius 3 is 2.33 bits per heavy atom. The Morgan fingerprint density at radius 2 is 1.65 bits per heavy atom. The molecular weight excluding hydrogens is 504 g/mol. The molecule has 3 fully saturated rings. The summed E-state index contributed by atoms with van der Waals surface area (Å²) >= 11 is 0. The van der Waals surface area contributed by atoms with Gasteiger partial charge in [-0.3, -0.25) is 4.79 Å². The first kappa shape index (κ1) is 28.1. The topological polar surface area (TPSA) is 120 Å². The van der Waals surface area contributed by atoms with E-state index in [1.54, 1.807) is 25.2 Å². The first-order valence-electron chi connectivity index (χ1n) is 14.9. The Balaban J connectivity index is 1.26. The third-order valence-electron chi connectivity index (χ3n) is 8.74. The fourth-order valence-electron chi connectivity index (χ4n) is 6.41. The van der Waals surface area contributed by atoms with Gasteiger partial charge in [0.25, 0.3) is 5.91 Å². The maximum atomic E-state index is 12.2. The lowest BCUT2D eigenvalue weighted by molar-refractivity contribution is 0.0996. The van der Waals surface area contributed by atoms with E-state index < -0.39 is 5.91 Å². The lowest BCUT2D eigenvalue weighted by Gasteiger charge is -2.36. The summed E-state index contributed by atoms with van der Waals surface area (Å²) in [6.45, 7) is 3.80. The lowest BCUT2D eigenvalue weighted by Crippen LogP contribution is -2.46. The van der Waals surface area contributed by atoms with Crippen molar-refractivity contribution in [2.45, 2.75) is 75.8 Å². The average Bonchev–Trinajstić information content (AvgIpc) is 3.40. The van der Waals surface area contributed by atoms with Crippen LogP contribution in [-0.4, -0.2) is 84.1 Å². The Bertz CT molecular complexity index is 1160. The van der Waals surface area contributed by atoms with E-state index in [-0.39, 0.29) is 17.8 Å². The van der Waals surface area contributed by atoms with Gasteiger partial charge in [-0.15, -0.1) is 0 Å². The molecule has 0 spiro atoms. The Labute approximate surface area is 237 Å². The van der Waals surface area contributed by atoms with E-state index in [4.69, 9.17) is 10.7 Å². The van der Waals surface area contributed by atoms with Crippen LogP contribution in [0.4, 0.5) is 22.1 Å². The number of primary amides is 1. The zero-order valence-electron chi connectivity index (χ0n) is 23.9. The smallest absolute Gasteiger partial charge is 0.317 e. The van der Waals surface area contributed by atoms with Gasteiger partial charge in [0.1, 0.15) is 5.82 Å². The summed E-state index contributed by atoms with van der Waals surface area (Å²) in [7, 11) is 3.48. The number of nitrogens with zero attached hydrogens (tertiary/aromatic N) is 5. The molecule has 3 amide bonds. The van der Waals surface area contributed by atoms with Crippen molar-refractivity contribution < 1.29 is 9.59 Å². The fourth-order valence-corrected chi connectivity index (χ4v) is 6.41. The number of aromatic nitrogens is 2. The number of hydrogen-bond donors (Lipinski definition) is 3. The highest BCUT2D eigenvalue weighted by molar-refractivity contribution is 5.96. The van der Waals surface area contributed by atoms with E-state index in [1.165, 1.54) is 57.2 Å². The van der Waals surface area contributed by atoms with Crippen molar-refractivity contribution in [3.63, 3.8) is 0 Å². The predicted molar refractivity (Wildman–Crippen MR) is 158 cm³/mol. The van der Waals surface area contributed by atoms with Crippen molar-refractivity contribution in [1.29, 1.82) is 0 Å². The predicted octanol–water partition coefficient (Wildman–Crippen LogP) is 4.07. The first-order valence-corrected chi connectivity index (χ1v) is 14.9. The summed E-state index contributed by atoms with van der Waals surface area (Å²) in [5, 5.41) is 6.39. The number of carbonyl (C=O) groups is 2. The standard InChI is InChI=1S/C30H44N8O2/c1-36(2)30(40)34-24-7-5-6-16-38(20-24)26-19-32-27(28(31)39)29(35-26)33-23-12-10-21(11-13-23)22-14-17-37(18-15-22)25-8-3-4-9-25/h10-13,19,22,24-25H,3-9,14-18,20H2,1-2H3,(H2,31,39)(H,33,35)(H,34,40). The van der Waals surface area contributed by atoms with Crippen LogP contribution in [0.2, 0.25) is 0 Å². The second kappa shape index (κ2) is 12.8. The van der Waals surface area contributed by atoms with Crippen LogP contribution in [0.5, 0.6) is 0 Å². The number of amides is 3. The van der Waals surface area contributed by atoms with E-state index in [0.717, 1.165) is 37.5 Å². The van der Waals surface area contributed by atoms with Gasteiger partial charge in [-0.05, 0) is 81.6 Å². The molecule has 2 aliphatic heterocycles. The van der Waals surface area contributed by atoms with Gasteiger partial charge in [0.05, 0.1) is 6.20 Å². The van der Waals surface area contributed by atoms with Crippen LogP contribution in [0.25, 0.3) is 0 Å². The Kier molecular flexibility index (Phi) is 9.04. The number of nitrogens with one attached hydrogen (secondary N) is 2. The second-order valence-electron chi connectivity index (χ2n) is 11.8. The number of rotatable bonds is 7. The van der Waals surface area contributed by atoms with Crippen LogP contribution in [0, 0.1) is 0 Å². The van der Waals surface area contributed by atoms with Gasteiger partial charge in [0.15, 0.2) is 11.5 Å². The van der Waals surface area contributed by atoms with Crippen molar-refractivity contribution in [3.05, 3.63) is 41.7 Å². The molecule has 4 N–H and O–H groups in total. The number of carbonyl (C=O) groups excluding carboxylic acids is 2. The molecule has 1 atom stereocenters. The highest BCUT2D eigenvalue weighted by Crippen LogP contribution is 2.33. The van der Waals surface area contributed by atoms with Gasteiger partial charge in [-0.25, -0.2) is 14.8 Å². The third-order valence-corrected chi connectivity index (χ3v) is 8.74. The Morgan fingerprint density at radius 1 is 0.950 bits per heavy atom. The summed E-state index contributed by atoms with van der Waals surface area (Å²) in [6, 6.07) is 9.18. The van der Waals surface area contributed by atoms with E-state index >= 15 is 0 Å². The van der Waals surface area contributed by atoms with E-state index in [9.17, 15) is 9.59 Å². The number of urea groups is 1. The van der Waals surface area contributed by atoms with Gasteiger partial charge in [-0.2, -0.15) is 0 Å². The van der Waals surface area contributed by atoms with Gasteiger partial charge in [-0.1, -0.05) is 25.0 Å². The maximum Gasteiger partial charge on any atom is 0.317 e. The number of hydrogen-bond acceptors (Lipinski definition) is 7. The van der Waals surface area contributed by atoms with Gasteiger partial charge >= 0.3 is 6.03 Å². The van der Waals surface area contributed by atoms with Crippen LogP contribution in [-0.2, 0) is 0 Å². The molecule has 0 bridgehead atoms. The molecule has 1 aliphatic carbocycles. The van der Waals surface area contributed by atoms with Crippen LogP contribution in [0.1, 0.15) is 79.8 Å². The zero-order valence-corrected chi connectivity index (χ0v) is 23.9. The molecule has 2 saturated heterocycles. The molecule has 1 saturated carbocycles. The van der Waals surface area contributed by atoms with Crippen LogP contribution >= 0.6 is 0 Å². The minimum Gasteiger partial charge on any atom is -0.364 e. The van der Waals surface area contributed by atoms with Crippen molar-refractivity contribution in [1.82, 2.24) is 25.1 Å². The van der Waals surface area contributed by atoms with Crippen molar-refractivity contribution in [2.75, 3.05) is 50.5 Å². The molecule has 3 heterocycles. The van der Waals surface area contributed by atoms with Crippen molar-refractivity contribution >= 4 is 29.3 Å². The van der Waals surface area contributed by atoms with Crippen LogP contribution in [0.3, 0.4) is 0 Å². The second-order valence-corrected chi connectivity index (χ2v) is 11.8. The first-order chi connectivity index (χ1) is 19.4. The monoisotopic (exact) mass is 548 g/mol. The molecule has 40 heavy (non-hydrogen) atoms. The normalized spacial score (nSPS) is 21.1. The van der Waals surface area contributed by atoms with Gasteiger partial charge in [0.2, 0.25) is 0 Å². The number of piperidine rings is 1. The summed E-state index contributed by atoms with van der Waals surface area (Å²) in [5.74, 6) is 0.962. The number of nitrogens with two attached hydrogens (primary N) is 1. The van der Waals surface area contributed by atoms with Crippen LogP contribution in [0.15, 0.2) is 30.5 Å². The van der Waals surface area contributed by atoms with Crippen molar-refractivity contribution in [2.24, 2.45) is 5.73 Å².